The molecule has 1 nitrogen and oxygen atoms in total. The molecule has 0 saturated heterocycles. The van der Waals surface area contributed by atoms with E-state index in [1.165, 1.54) is 7.11 Å². The Morgan fingerprint density at radius 2 is 1.86 bits per heavy atom. The topological polar surface area (TPSA) is 9.23 Å². The minimum Gasteiger partial charge on any atom is -0.494 e. The Bertz CT molecular complexity index is 369. The minimum absolute atomic E-state index is 0.124. The third-order valence-electron chi connectivity index (χ3n) is 1.57. The van der Waals surface area contributed by atoms with Crippen LogP contribution in [0.4, 0.5) is 17.6 Å². The second-order valence-electron chi connectivity index (χ2n) is 2.42. The van der Waals surface area contributed by atoms with Gasteiger partial charge in [-0.25, -0.2) is 8.78 Å². The standard InChI is InChI=1S/C9H6F4O/c1-14-7-3-2-5(4-6(7)10)8(11)9(12)13/h2-4H,1H3. The predicted molar refractivity (Wildman–Crippen MR) is 43.2 cm³/mol. The normalized spacial score (nSPS) is 9.79. The average molecular weight is 206 g/mol. The van der Waals surface area contributed by atoms with Gasteiger partial charge in [0.2, 0.25) is 0 Å². The summed E-state index contributed by atoms with van der Waals surface area (Å²) in [5, 5.41) is 0. The molecule has 1 aromatic carbocycles. The molecular formula is C9H6F4O. The van der Waals surface area contributed by atoms with Crippen LogP contribution in [0.5, 0.6) is 5.75 Å². The van der Waals surface area contributed by atoms with Crippen molar-refractivity contribution < 1.29 is 22.3 Å². The molecule has 1 aromatic rings. The summed E-state index contributed by atoms with van der Waals surface area (Å²) in [6, 6.07) is 2.73. The van der Waals surface area contributed by atoms with Gasteiger partial charge in [0.15, 0.2) is 17.4 Å². The van der Waals surface area contributed by atoms with Gasteiger partial charge in [0.05, 0.1) is 7.11 Å². The SMILES string of the molecule is COc1ccc(C(F)=C(F)F)cc1F. The number of benzene rings is 1. The van der Waals surface area contributed by atoms with Crippen LogP contribution in [0.1, 0.15) is 5.56 Å². The van der Waals surface area contributed by atoms with Gasteiger partial charge in [-0.05, 0) is 18.2 Å². The summed E-state index contributed by atoms with van der Waals surface area (Å²) in [5.74, 6) is -2.74. The molecule has 5 heteroatoms. The Balaban J connectivity index is 3.16. The van der Waals surface area contributed by atoms with E-state index in [1.54, 1.807) is 0 Å². The van der Waals surface area contributed by atoms with Crippen molar-refractivity contribution in [1.82, 2.24) is 0 Å². The van der Waals surface area contributed by atoms with Crippen LogP contribution in [0.3, 0.4) is 0 Å². The zero-order valence-electron chi connectivity index (χ0n) is 7.15. The molecule has 0 radical (unpaired) electrons. The van der Waals surface area contributed by atoms with Crippen molar-refractivity contribution in [1.29, 1.82) is 0 Å². The molecule has 0 saturated carbocycles. The molecule has 14 heavy (non-hydrogen) atoms. The molecule has 0 heterocycles. The van der Waals surface area contributed by atoms with Gasteiger partial charge in [-0.3, -0.25) is 0 Å². The van der Waals surface area contributed by atoms with Crippen molar-refractivity contribution in [2.24, 2.45) is 0 Å². The highest BCUT2D eigenvalue weighted by Crippen LogP contribution is 2.26. The Morgan fingerprint density at radius 3 is 2.29 bits per heavy atom. The maximum absolute atomic E-state index is 12.9. The monoisotopic (exact) mass is 206 g/mol. The Morgan fingerprint density at radius 1 is 1.21 bits per heavy atom. The quantitative estimate of drug-likeness (QED) is 0.674. The second-order valence-corrected chi connectivity index (χ2v) is 2.42. The largest absolute Gasteiger partial charge is 0.494 e. The molecule has 0 aliphatic rings. The van der Waals surface area contributed by atoms with Gasteiger partial charge >= 0.3 is 6.08 Å². The second kappa shape index (κ2) is 4.13. The highest BCUT2D eigenvalue weighted by molar-refractivity contribution is 5.60. The smallest absolute Gasteiger partial charge is 0.306 e. The molecule has 0 atom stereocenters. The summed E-state index contributed by atoms with van der Waals surface area (Å²) in [4.78, 5) is 0. The number of hydrogen-bond donors (Lipinski definition) is 0. The molecule has 0 amide bonds. The lowest BCUT2D eigenvalue weighted by molar-refractivity contribution is 0.386. The van der Waals surface area contributed by atoms with Crippen molar-refractivity contribution in [2.75, 3.05) is 7.11 Å². The van der Waals surface area contributed by atoms with E-state index in [-0.39, 0.29) is 5.75 Å². The van der Waals surface area contributed by atoms with Crippen LogP contribution in [0.25, 0.3) is 5.83 Å². The van der Waals surface area contributed by atoms with E-state index in [2.05, 4.69) is 4.74 Å². The molecule has 0 N–H and O–H groups in total. The van der Waals surface area contributed by atoms with Crippen LogP contribution in [-0.4, -0.2) is 7.11 Å². The average Bonchev–Trinajstić information content (AvgIpc) is 2.16. The van der Waals surface area contributed by atoms with E-state index in [0.717, 1.165) is 12.1 Å². The Labute approximate surface area is 77.6 Å². The van der Waals surface area contributed by atoms with E-state index < -0.39 is 23.3 Å². The molecule has 0 bridgehead atoms. The molecule has 0 spiro atoms. The number of halogens is 4. The molecule has 0 aliphatic heterocycles. The van der Waals surface area contributed by atoms with Crippen LogP contribution in [0.15, 0.2) is 24.3 Å². The fourth-order valence-electron chi connectivity index (χ4n) is 0.912. The van der Waals surface area contributed by atoms with Crippen LogP contribution < -0.4 is 4.74 Å². The Hall–Kier alpha value is -1.52. The highest BCUT2D eigenvalue weighted by Gasteiger charge is 2.11. The summed E-state index contributed by atoms with van der Waals surface area (Å²) in [6.07, 6.45) is -2.48. The van der Waals surface area contributed by atoms with Crippen LogP contribution in [0, 0.1) is 5.82 Å². The number of hydrogen-bond acceptors (Lipinski definition) is 1. The van der Waals surface area contributed by atoms with Crippen molar-refractivity contribution in [3.63, 3.8) is 0 Å². The fraction of sp³-hybridized carbons (Fsp3) is 0.111. The van der Waals surface area contributed by atoms with E-state index in [1.807, 2.05) is 0 Å². The van der Waals surface area contributed by atoms with Gasteiger partial charge in [-0.15, -0.1) is 0 Å². The fourth-order valence-corrected chi connectivity index (χ4v) is 0.912. The maximum Gasteiger partial charge on any atom is 0.306 e. The first-order valence-electron chi connectivity index (χ1n) is 3.61. The molecule has 0 unspecified atom stereocenters. The minimum atomic E-state index is -2.48. The van der Waals surface area contributed by atoms with Crippen LogP contribution in [0.2, 0.25) is 0 Å². The molecule has 0 aromatic heterocycles. The van der Waals surface area contributed by atoms with E-state index in [9.17, 15) is 17.6 Å². The van der Waals surface area contributed by atoms with Crippen molar-refractivity contribution in [2.45, 2.75) is 0 Å². The maximum atomic E-state index is 12.9. The third-order valence-corrected chi connectivity index (χ3v) is 1.57. The number of methoxy groups -OCH3 is 1. The number of rotatable bonds is 2. The van der Waals surface area contributed by atoms with E-state index in [0.29, 0.717) is 6.07 Å². The first kappa shape index (κ1) is 10.6. The van der Waals surface area contributed by atoms with Crippen LogP contribution >= 0.6 is 0 Å². The lowest BCUT2D eigenvalue weighted by Crippen LogP contribution is -1.89. The molecule has 0 aliphatic carbocycles. The number of ether oxygens (including phenoxy) is 1. The van der Waals surface area contributed by atoms with E-state index >= 15 is 0 Å². The summed E-state index contributed by atoms with van der Waals surface area (Å²) in [7, 11) is 1.22. The van der Waals surface area contributed by atoms with Crippen molar-refractivity contribution >= 4 is 5.83 Å². The molecule has 0 fully saturated rings. The third kappa shape index (κ3) is 2.04. The zero-order chi connectivity index (χ0) is 10.7. The Kier molecular flexibility index (Phi) is 3.11. The van der Waals surface area contributed by atoms with E-state index in [4.69, 9.17) is 0 Å². The van der Waals surface area contributed by atoms with Gasteiger partial charge in [-0.2, -0.15) is 8.78 Å². The van der Waals surface area contributed by atoms with Gasteiger partial charge in [-0.1, -0.05) is 0 Å². The summed E-state index contributed by atoms with van der Waals surface area (Å²) >= 11 is 0. The zero-order valence-corrected chi connectivity index (χ0v) is 7.15. The molecular weight excluding hydrogens is 200 g/mol. The molecule has 76 valence electrons. The highest BCUT2D eigenvalue weighted by atomic mass is 19.3. The first-order valence-corrected chi connectivity index (χ1v) is 3.61. The van der Waals surface area contributed by atoms with Crippen molar-refractivity contribution in [3.05, 3.63) is 35.7 Å². The van der Waals surface area contributed by atoms with Gasteiger partial charge in [0.25, 0.3) is 0 Å². The van der Waals surface area contributed by atoms with Crippen LogP contribution in [-0.2, 0) is 0 Å². The lowest BCUT2D eigenvalue weighted by Gasteiger charge is -2.02. The summed E-state index contributed by atoms with van der Waals surface area (Å²) in [5.41, 5.74) is -0.511. The van der Waals surface area contributed by atoms with Crippen molar-refractivity contribution in [3.8, 4) is 5.75 Å². The van der Waals surface area contributed by atoms with Gasteiger partial charge in [0, 0.05) is 5.56 Å². The van der Waals surface area contributed by atoms with Gasteiger partial charge in [0.1, 0.15) is 0 Å². The predicted octanol–water partition coefficient (Wildman–Crippen LogP) is 3.37. The first-order chi connectivity index (χ1) is 6.56. The summed E-state index contributed by atoms with van der Waals surface area (Å²) < 4.78 is 53.6. The molecule has 1 rings (SSSR count). The summed E-state index contributed by atoms with van der Waals surface area (Å²) in [6.45, 7) is 0. The van der Waals surface area contributed by atoms with Gasteiger partial charge < -0.3 is 4.74 Å². The lowest BCUT2D eigenvalue weighted by atomic mass is 10.2.